The fourth-order valence-electron chi connectivity index (χ4n) is 5.28. The Labute approximate surface area is 175 Å². The number of nitrogens with two attached hydrogens (primary N) is 2. The first-order chi connectivity index (χ1) is 14.7. The summed E-state index contributed by atoms with van der Waals surface area (Å²) in [6.45, 7) is 0. The van der Waals surface area contributed by atoms with Gasteiger partial charge in [0.05, 0.1) is 11.2 Å². The first kappa shape index (κ1) is 19.7. The summed E-state index contributed by atoms with van der Waals surface area (Å²) in [5.74, 6) is -3.36. The van der Waals surface area contributed by atoms with Gasteiger partial charge in [-0.1, -0.05) is 0 Å². The number of aromatic amines is 1. The van der Waals surface area contributed by atoms with Gasteiger partial charge in [0.15, 0.2) is 0 Å². The molecule has 2 fully saturated rings. The topological polar surface area (TPSA) is 102 Å². The molecule has 5 rings (SSSR count). The number of aromatic nitrogens is 1. The number of primary amides is 2. The van der Waals surface area contributed by atoms with Crippen molar-refractivity contribution < 1.29 is 22.8 Å². The van der Waals surface area contributed by atoms with Gasteiger partial charge in [-0.3, -0.25) is 9.59 Å². The molecule has 1 unspecified atom stereocenters. The van der Waals surface area contributed by atoms with Gasteiger partial charge in [0.1, 0.15) is 22.9 Å². The highest BCUT2D eigenvalue weighted by molar-refractivity contribution is 6.07. The van der Waals surface area contributed by atoms with Crippen molar-refractivity contribution in [2.75, 3.05) is 0 Å². The molecule has 0 bridgehead atoms. The van der Waals surface area contributed by atoms with Crippen LogP contribution in [0.1, 0.15) is 30.7 Å². The molecule has 1 atom stereocenters. The molecule has 0 spiro atoms. The molecular weight excluding hydrogens is 407 g/mol. The average Bonchev–Trinajstić information content (AvgIpc) is 3.31. The summed E-state index contributed by atoms with van der Waals surface area (Å²) in [5.41, 5.74) is 11.8. The smallest absolute Gasteiger partial charge is 0.233 e. The number of fused-ring (bicyclic) bond motifs is 1. The zero-order valence-electron chi connectivity index (χ0n) is 16.4. The van der Waals surface area contributed by atoms with Gasteiger partial charge in [-0.15, -0.1) is 0 Å². The van der Waals surface area contributed by atoms with Crippen molar-refractivity contribution in [2.45, 2.75) is 25.2 Å². The van der Waals surface area contributed by atoms with E-state index in [1.807, 2.05) is 0 Å². The van der Waals surface area contributed by atoms with Crippen LogP contribution in [0.2, 0.25) is 0 Å². The lowest BCUT2D eigenvalue weighted by atomic mass is 9.67. The molecule has 0 saturated heterocycles. The van der Waals surface area contributed by atoms with E-state index in [-0.39, 0.29) is 23.3 Å². The van der Waals surface area contributed by atoms with Crippen molar-refractivity contribution in [1.29, 1.82) is 0 Å². The fourth-order valence-corrected chi connectivity index (χ4v) is 5.28. The highest BCUT2D eigenvalue weighted by Crippen LogP contribution is 2.64. The molecule has 5 nitrogen and oxygen atoms in total. The zero-order valence-corrected chi connectivity index (χ0v) is 16.4. The summed E-state index contributed by atoms with van der Waals surface area (Å²) in [6.07, 6.45) is 1.61. The molecule has 5 N–H and O–H groups in total. The zero-order chi connectivity index (χ0) is 22.1. The number of amides is 2. The largest absolute Gasteiger partial charge is 0.369 e. The van der Waals surface area contributed by atoms with Crippen LogP contribution in [0.15, 0.2) is 36.4 Å². The first-order valence-corrected chi connectivity index (χ1v) is 10.1. The predicted molar refractivity (Wildman–Crippen MR) is 108 cm³/mol. The molecule has 0 aliphatic heterocycles. The maximum Gasteiger partial charge on any atom is 0.233 e. The second kappa shape index (κ2) is 6.60. The Morgan fingerprint density at radius 2 is 1.61 bits per heavy atom. The quantitative estimate of drug-likeness (QED) is 0.541. The van der Waals surface area contributed by atoms with E-state index in [2.05, 4.69) is 4.98 Å². The number of halogens is 3. The summed E-state index contributed by atoms with van der Waals surface area (Å²) in [6, 6.07) is 7.89. The SMILES string of the molecule is NC(=O)C1(C(N)=O)CC1C1CC(c2c(-c3ccc(F)cc3)[nH]c3c(F)cc(F)cc23)C1. The van der Waals surface area contributed by atoms with E-state index in [1.54, 1.807) is 12.1 Å². The minimum atomic E-state index is -1.28. The second-order valence-corrected chi connectivity index (χ2v) is 8.67. The van der Waals surface area contributed by atoms with Crippen molar-refractivity contribution in [1.82, 2.24) is 4.98 Å². The molecule has 2 saturated carbocycles. The number of rotatable bonds is 5. The first-order valence-electron chi connectivity index (χ1n) is 10.1. The van der Waals surface area contributed by atoms with Crippen LogP contribution >= 0.6 is 0 Å². The van der Waals surface area contributed by atoms with Crippen molar-refractivity contribution in [3.8, 4) is 11.3 Å². The number of carbonyl (C=O) groups excluding carboxylic acids is 2. The highest BCUT2D eigenvalue weighted by Gasteiger charge is 2.67. The van der Waals surface area contributed by atoms with E-state index in [0.29, 0.717) is 35.9 Å². The third kappa shape index (κ3) is 2.85. The van der Waals surface area contributed by atoms with Crippen LogP contribution < -0.4 is 11.5 Å². The lowest BCUT2D eigenvalue weighted by molar-refractivity contribution is -0.134. The average molecular weight is 427 g/mol. The molecule has 2 aromatic carbocycles. The van der Waals surface area contributed by atoms with Crippen molar-refractivity contribution in [3.63, 3.8) is 0 Å². The third-order valence-electron chi connectivity index (χ3n) is 7.04. The van der Waals surface area contributed by atoms with Gasteiger partial charge in [-0.25, -0.2) is 13.2 Å². The van der Waals surface area contributed by atoms with Gasteiger partial charge < -0.3 is 16.5 Å². The number of hydrogen-bond acceptors (Lipinski definition) is 2. The van der Waals surface area contributed by atoms with Gasteiger partial charge in [0.25, 0.3) is 0 Å². The van der Waals surface area contributed by atoms with Crippen LogP contribution in [0.4, 0.5) is 13.2 Å². The number of carbonyl (C=O) groups is 2. The number of H-pyrrole nitrogens is 1. The minimum Gasteiger partial charge on any atom is -0.369 e. The molecule has 8 heteroatoms. The summed E-state index contributed by atoms with van der Waals surface area (Å²) in [5, 5.41) is 0.437. The fraction of sp³-hybridized carbons (Fsp3) is 0.304. The van der Waals surface area contributed by atoms with E-state index in [4.69, 9.17) is 11.5 Å². The van der Waals surface area contributed by atoms with Crippen molar-refractivity contribution in [3.05, 3.63) is 59.4 Å². The Hall–Kier alpha value is -3.29. The summed E-state index contributed by atoms with van der Waals surface area (Å²) < 4.78 is 41.9. The molecule has 1 heterocycles. The highest BCUT2D eigenvalue weighted by atomic mass is 19.1. The Morgan fingerprint density at radius 3 is 2.19 bits per heavy atom. The monoisotopic (exact) mass is 427 g/mol. The molecular formula is C23H20F3N3O2. The van der Waals surface area contributed by atoms with Gasteiger partial charge in [-0.05, 0) is 78.5 Å². The summed E-state index contributed by atoms with van der Waals surface area (Å²) >= 11 is 0. The van der Waals surface area contributed by atoms with Gasteiger partial charge in [-0.2, -0.15) is 0 Å². The van der Waals surface area contributed by atoms with E-state index in [1.165, 1.54) is 18.2 Å². The third-order valence-corrected chi connectivity index (χ3v) is 7.04. The Kier molecular flexibility index (Phi) is 4.19. The van der Waals surface area contributed by atoms with Crippen LogP contribution in [0.25, 0.3) is 22.2 Å². The maximum absolute atomic E-state index is 14.5. The van der Waals surface area contributed by atoms with Crippen molar-refractivity contribution in [2.24, 2.45) is 28.7 Å². The van der Waals surface area contributed by atoms with E-state index in [0.717, 1.165) is 11.6 Å². The van der Waals surface area contributed by atoms with E-state index >= 15 is 0 Å². The Bertz CT molecular complexity index is 1220. The standard InChI is InChI=1S/C23H20F3N3O2/c24-13-3-1-10(2-4-13)19-18(15-7-14(25)8-17(26)20(15)29-19)12-5-11(6-12)16-9-23(16,21(27)30)22(28)31/h1-4,7-8,11-12,16,29H,5-6,9H2,(H2,27,30)(H2,28,31). The number of hydrogen-bond donors (Lipinski definition) is 3. The molecule has 2 aliphatic carbocycles. The molecule has 160 valence electrons. The molecule has 1 aromatic heterocycles. The lowest BCUT2D eigenvalue weighted by Gasteiger charge is -2.37. The summed E-state index contributed by atoms with van der Waals surface area (Å²) in [7, 11) is 0. The number of benzene rings is 2. The van der Waals surface area contributed by atoms with Gasteiger partial charge in [0.2, 0.25) is 11.8 Å². The Morgan fingerprint density at radius 1 is 0.968 bits per heavy atom. The Balaban J connectivity index is 1.52. The normalized spacial score (nSPS) is 24.0. The molecule has 31 heavy (non-hydrogen) atoms. The summed E-state index contributed by atoms with van der Waals surface area (Å²) in [4.78, 5) is 26.7. The molecule has 0 radical (unpaired) electrons. The van der Waals surface area contributed by atoms with Crippen LogP contribution in [0.5, 0.6) is 0 Å². The molecule has 2 aliphatic rings. The minimum absolute atomic E-state index is 0.0425. The van der Waals surface area contributed by atoms with Crippen molar-refractivity contribution >= 4 is 22.7 Å². The van der Waals surface area contributed by atoms with Crippen LogP contribution in [0, 0.1) is 34.7 Å². The van der Waals surface area contributed by atoms with Crippen LogP contribution in [-0.2, 0) is 9.59 Å². The second-order valence-electron chi connectivity index (χ2n) is 8.67. The van der Waals surface area contributed by atoms with E-state index < -0.39 is 34.7 Å². The van der Waals surface area contributed by atoms with E-state index in [9.17, 15) is 22.8 Å². The van der Waals surface area contributed by atoms with Gasteiger partial charge in [0, 0.05) is 11.5 Å². The maximum atomic E-state index is 14.5. The molecule has 3 aromatic rings. The molecule has 2 amide bonds. The van der Waals surface area contributed by atoms with Gasteiger partial charge >= 0.3 is 0 Å². The lowest BCUT2D eigenvalue weighted by Crippen LogP contribution is -2.41. The van der Waals surface area contributed by atoms with Crippen LogP contribution in [0.3, 0.4) is 0 Å². The number of nitrogens with one attached hydrogen (secondary N) is 1. The predicted octanol–water partition coefficient (Wildman–Crippen LogP) is 3.72. The van der Waals surface area contributed by atoms with Crippen LogP contribution in [-0.4, -0.2) is 16.8 Å².